The summed E-state index contributed by atoms with van der Waals surface area (Å²) in [5.41, 5.74) is 0.767. The minimum atomic E-state index is -0.606. The lowest BCUT2D eigenvalue weighted by Gasteiger charge is -2.06. The van der Waals surface area contributed by atoms with E-state index in [4.69, 9.17) is 5.11 Å². The highest BCUT2D eigenvalue weighted by Gasteiger charge is 2.26. The van der Waals surface area contributed by atoms with E-state index < -0.39 is 12.0 Å². The van der Waals surface area contributed by atoms with Crippen molar-refractivity contribution in [2.24, 2.45) is 0 Å². The van der Waals surface area contributed by atoms with Crippen LogP contribution in [0.1, 0.15) is 5.56 Å². The zero-order chi connectivity index (χ0) is 12.3. The van der Waals surface area contributed by atoms with Crippen molar-refractivity contribution in [3.8, 4) is 5.75 Å². The Bertz CT molecular complexity index is 464. The molecule has 0 radical (unpaired) electrons. The molecule has 1 fully saturated rings. The monoisotopic (exact) mass is 233 g/mol. The predicted molar refractivity (Wildman–Crippen MR) is 60.2 cm³/mol. The van der Waals surface area contributed by atoms with E-state index in [0.717, 1.165) is 10.5 Å². The Morgan fingerprint density at radius 3 is 2.65 bits per heavy atom. The molecule has 0 atom stereocenters. The van der Waals surface area contributed by atoms with Gasteiger partial charge in [-0.25, -0.2) is 9.69 Å². The molecule has 1 N–H and O–H groups in total. The first-order valence-corrected chi connectivity index (χ1v) is 5.12. The second-order valence-corrected chi connectivity index (χ2v) is 3.53. The van der Waals surface area contributed by atoms with Crippen LogP contribution in [-0.4, -0.2) is 35.2 Å². The van der Waals surface area contributed by atoms with Crippen LogP contribution >= 0.6 is 0 Å². The molecule has 0 aliphatic carbocycles. The number of cyclic esters (lactones) is 1. The minimum Gasteiger partial charge on any atom is -0.508 e. The van der Waals surface area contributed by atoms with E-state index in [-0.39, 0.29) is 18.9 Å². The molecule has 1 aromatic carbocycles. The van der Waals surface area contributed by atoms with Gasteiger partial charge in [0.1, 0.15) is 12.4 Å². The molecule has 1 saturated heterocycles. The van der Waals surface area contributed by atoms with Gasteiger partial charge in [0.2, 0.25) is 0 Å². The first-order valence-electron chi connectivity index (χ1n) is 5.12. The molecular weight excluding hydrogens is 222 g/mol. The van der Waals surface area contributed by atoms with Crippen LogP contribution in [-0.2, 0) is 9.53 Å². The largest absolute Gasteiger partial charge is 0.508 e. The first kappa shape index (κ1) is 11.2. The van der Waals surface area contributed by atoms with Crippen LogP contribution in [0.15, 0.2) is 30.3 Å². The Morgan fingerprint density at radius 1 is 1.35 bits per heavy atom. The highest BCUT2D eigenvalue weighted by Crippen LogP contribution is 2.11. The van der Waals surface area contributed by atoms with E-state index in [9.17, 15) is 9.59 Å². The lowest BCUT2D eigenvalue weighted by Crippen LogP contribution is -2.29. The molecule has 0 spiro atoms. The zero-order valence-electron chi connectivity index (χ0n) is 9.00. The summed E-state index contributed by atoms with van der Waals surface area (Å²) in [7, 11) is 0. The molecule has 1 aliphatic heterocycles. The van der Waals surface area contributed by atoms with Gasteiger partial charge < -0.3 is 9.84 Å². The molecule has 5 heteroatoms. The number of benzene rings is 1. The summed E-state index contributed by atoms with van der Waals surface area (Å²) in [6.45, 7) is 0.537. The van der Waals surface area contributed by atoms with Crippen molar-refractivity contribution in [1.82, 2.24) is 4.90 Å². The van der Waals surface area contributed by atoms with Crippen molar-refractivity contribution in [3.05, 3.63) is 35.9 Å². The summed E-state index contributed by atoms with van der Waals surface area (Å²) >= 11 is 0. The number of carbonyl (C=O) groups excluding carboxylic acids is 2. The standard InChI is InChI=1S/C12H11NO4/c14-10-4-1-9(2-5-10)3-6-11(15)13-7-8-17-12(13)16/h1-6,14H,7-8H2/b6-3+. The lowest BCUT2D eigenvalue weighted by molar-refractivity contribution is -0.122. The van der Waals surface area contributed by atoms with E-state index >= 15 is 0 Å². The van der Waals surface area contributed by atoms with Crippen LogP contribution in [0.2, 0.25) is 0 Å². The van der Waals surface area contributed by atoms with Crippen LogP contribution in [0.25, 0.3) is 6.08 Å². The van der Waals surface area contributed by atoms with Gasteiger partial charge in [0.05, 0.1) is 6.54 Å². The maximum absolute atomic E-state index is 11.6. The number of phenolic OH excluding ortho intramolecular Hbond substituents is 1. The second kappa shape index (κ2) is 4.69. The average Bonchev–Trinajstić information content (AvgIpc) is 2.74. The SMILES string of the molecule is O=C(/C=C/c1ccc(O)cc1)N1CCOC1=O. The summed E-state index contributed by atoms with van der Waals surface area (Å²) in [6.07, 6.45) is 2.28. The molecule has 0 aromatic heterocycles. The fourth-order valence-corrected chi connectivity index (χ4v) is 1.44. The number of amides is 2. The highest BCUT2D eigenvalue weighted by molar-refractivity contribution is 6.01. The summed E-state index contributed by atoms with van der Waals surface area (Å²) in [5.74, 6) is -0.239. The first-order chi connectivity index (χ1) is 8.16. The molecule has 1 heterocycles. The van der Waals surface area contributed by atoms with Crippen LogP contribution < -0.4 is 0 Å². The third-order valence-corrected chi connectivity index (χ3v) is 2.34. The number of nitrogens with zero attached hydrogens (tertiary/aromatic N) is 1. The molecule has 2 rings (SSSR count). The van der Waals surface area contributed by atoms with Gasteiger partial charge in [-0.05, 0) is 23.8 Å². The topological polar surface area (TPSA) is 66.8 Å². The van der Waals surface area contributed by atoms with Crippen molar-refractivity contribution >= 4 is 18.1 Å². The number of carbonyl (C=O) groups is 2. The fourth-order valence-electron chi connectivity index (χ4n) is 1.44. The normalized spacial score (nSPS) is 15.3. The number of phenols is 1. The van der Waals surface area contributed by atoms with Gasteiger partial charge in [0.25, 0.3) is 5.91 Å². The fraction of sp³-hybridized carbons (Fsp3) is 0.167. The van der Waals surface area contributed by atoms with Gasteiger partial charge in [0, 0.05) is 6.08 Å². The Hall–Kier alpha value is -2.30. The number of rotatable bonds is 2. The van der Waals surface area contributed by atoms with Crippen molar-refractivity contribution in [3.63, 3.8) is 0 Å². The van der Waals surface area contributed by atoms with E-state index in [1.807, 2.05) is 0 Å². The summed E-state index contributed by atoms with van der Waals surface area (Å²) in [4.78, 5) is 23.7. The van der Waals surface area contributed by atoms with Crippen LogP contribution in [0, 0.1) is 0 Å². The highest BCUT2D eigenvalue weighted by atomic mass is 16.6. The molecule has 5 nitrogen and oxygen atoms in total. The molecule has 0 unspecified atom stereocenters. The number of imide groups is 1. The molecule has 0 saturated carbocycles. The van der Waals surface area contributed by atoms with E-state index in [1.54, 1.807) is 18.2 Å². The van der Waals surface area contributed by atoms with Crippen molar-refractivity contribution in [2.75, 3.05) is 13.2 Å². The lowest BCUT2D eigenvalue weighted by atomic mass is 10.2. The van der Waals surface area contributed by atoms with Crippen molar-refractivity contribution < 1.29 is 19.4 Å². The van der Waals surface area contributed by atoms with Gasteiger partial charge in [0.15, 0.2) is 0 Å². The maximum atomic E-state index is 11.6. The molecule has 88 valence electrons. The average molecular weight is 233 g/mol. The number of hydrogen-bond acceptors (Lipinski definition) is 4. The predicted octanol–water partition coefficient (Wildman–Crippen LogP) is 1.38. The second-order valence-electron chi connectivity index (χ2n) is 3.53. The van der Waals surface area contributed by atoms with Crippen LogP contribution in [0.3, 0.4) is 0 Å². The van der Waals surface area contributed by atoms with Crippen molar-refractivity contribution in [2.45, 2.75) is 0 Å². The van der Waals surface area contributed by atoms with Gasteiger partial charge in [-0.2, -0.15) is 0 Å². The van der Waals surface area contributed by atoms with Gasteiger partial charge in [-0.1, -0.05) is 12.1 Å². The third-order valence-electron chi connectivity index (χ3n) is 2.34. The van der Waals surface area contributed by atoms with E-state index in [2.05, 4.69) is 4.74 Å². The van der Waals surface area contributed by atoms with Gasteiger partial charge in [-0.15, -0.1) is 0 Å². The Balaban J connectivity index is 2.03. The number of aromatic hydroxyl groups is 1. The molecule has 0 bridgehead atoms. The smallest absolute Gasteiger partial charge is 0.416 e. The number of hydrogen-bond donors (Lipinski definition) is 1. The van der Waals surface area contributed by atoms with Crippen LogP contribution in [0.4, 0.5) is 4.79 Å². The Labute approximate surface area is 97.9 Å². The summed E-state index contributed by atoms with van der Waals surface area (Å²) in [6, 6.07) is 6.38. The van der Waals surface area contributed by atoms with E-state index in [0.29, 0.717) is 0 Å². The summed E-state index contributed by atoms with van der Waals surface area (Å²) in [5, 5.41) is 9.08. The molecule has 2 amide bonds. The van der Waals surface area contributed by atoms with Crippen LogP contribution in [0.5, 0.6) is 5.75 Å². The van der Waals surface area contributed by atoms with E-state index in [1.165, 1.54) is 18.2 Å². The zero-order valence-corrected chi connectivity index (χ0v) is 9.00. The Morgan fingerprint density at radius 2 is 2.06 bits per heavy atom. The van der Waals surface area contributed by atoms with Gasteiger partial charge >= 0.3 is 6.09 Å². The molecular formula is C12H11NO4. The summed E-state index contributed by atoms with van der Waals surface area (Å²) < 4.78 is 4.65. The van der Waals surface area contributed by atoms with Gasteiger partial charge in [-0.3, -0.25) is 4.79 Å². The Kier molecular flexibility index (Phi) is 3.09. The molecule has 1 aromatic rings. The number of ether oxygens (including phenoxy) is 1. The van der Waals surface area contributed by atoms with Crippen molar-refractivity contribution in [1.29, 1.82) is 0 Å². The quantitative estimate of drug-likeness (QED) is 0.784. The molecule has 17 heavy (non-hydrogen) atoms. The molecule has 1 aliphatic rings. The minimum absolute atomic E-state index is 0.164. The third kappa shape index (κ3) is 2.63. The maximum Gasteiger partial charge on any atom is 0.416 e.